The van der Waals surface area contributed by atoms with Gasteiger partial charge in [0.25, 0.3) is 0 Å². The first-order valence-corrected chi connectivity index (χ1v) is 5.44. The van der Waals surface area contributed by atoms with Crippen molar-refractivity contribution in [3.05, 3.63) is 0 Å². The zero-order chi connectivity index (χ0) is 11.8. The Morgan fingerprint density at radius 1 is 1.14 bits per heavy atom. The molecule has 0 unspecified atom stereocenters. The third-order valence-corrected chi connectivity index (χ3v) is 3.58. The van der Waals surface area contributed by atoms with Gasteiger partial charge in [0, 0.05) is 0 Å². The molecule has 2 N–H and O–H groups in total. The van der Waals surface area contributed by atoms with E-state index >= 15 is 0 Å². The second-order valence-electron chi connectivity index (χ2n) is 1.80. The van der Waals surface area contributed by atoms with Gasteiger partial charge in [0.15, 0.2) is 0 Å². The minimum absolute atomic E-state index is 0.00810. The Labute approximate surface area is 75.6 Å². The molecular formula is C2H2F3NO6S2. The standard InChI is InChI=1S/C2H2F3NO6S2/c3-2(4,5)14(11,12)6-13(9,10)1(7)8/h6H,(H,7,8). The summed E-state index contributed by atoms with van der Waals surface area (Å²) in [7, 11) is -11.8. The summed E-state index contributed by atoms with van der Waals surface area (Å²) in [6.07, 6.45) is 0. The lowest BCUT2D eigenvalue weighted by Gasteiger charge is -2.06. The predicted octanol–water partition coefficient (Wildman–Crippen LogP) is -0.567. The maximum absolute atomic E-state index is 11.5. The molecule has 0 aromatic rings. The van der Waals surface area contributed by atoms with Crippen LogP contribution in [0.1, 0.15) is 0 Å². The van der Waals surface area contributed by atoms with Crippen LogP contribution in [-0.4, -0.2) is 32.8 Å². The van der Waals surface area contributed by atoms with E-state index in [-0.39, 0.29) is 4.13 Å². The van der Waals surface area contributed by atoms with Gasteiger partial charge in [0.2, 0.25) is 0 Å². The molecule has 0 amide bonds. The number of nitrogens with one attached hydrogen (secondary N) is 1. The molecule has 0 aliphatic carbocycles. The first-order chi connectivity index (χ1) is 5.90. The molecule has 0 bridgehead atoms. The van der Waals surface area contributed by atoms with E-state index in [1.54, 1.807) is 0 Å². The molecule has 0 aliphatic heterocycles. The van der Waals surface area contributed by atoms with Gasteiger partial charge in [-0.1, -0.05) is 4.13 Å². The molecule has 0 aromatic carbocycles. The number of rotatable bonds is 2. The molecule has 0 heterocycles. The number of hydrogen-bond donors (Lipinski definition) is 2. The van der Waals surface area contributed by atoms with Crippen LogP contribution in [0.4, 0.5) is 18.0 Å². The highest BCUT2D eigenvalue weighted by Gasteiger charge is 2.49. The lowest BCUT2D eigenvalue weighted by molar-refractivity contribution is -0.0441. The highest BCUT2D eigenvalue weighted by molar-refractivity contribution is 8.13. The smallest absolute Gasteiger partial charge is 0.469 e. The molecule has 0 aromatic heterocycles. The van der Waals surface area contributed by atoms with Crippen molar-refractivity contribution >= 4 is 25.3 Å². The fraction of sp³-hybridized carbons (Fsp3) is 0.500. The summed E-state index contributed by atoms with van der Waals surface area (Å²) in [6.45, 7) is 0. The molecular weight excluding hydrogens is 255 g/mol. The lowest BCUT2D eigenvalue weighted by atomic mass is 11.6. The molecule has 0 radical (unpaired) electrons. The number of halogens is 3. The van der Waals surface area contributed by atoms with Crippen LogP contribution in [0.25, 0.3) is 0 Å². The van der Waals surface area contributed by atoms with Crippen molar-refractivity contribution in [1.82, 2.24) is 4.13 Å². The largest absolute Gasteiger partial charge is 0.512 e. The van der Waals surface area contributed by atoms with Crippen LogP contribution in [0, 0.1) is 0 Å². The molecule has 14 heavy (non-hydrogen) atoms. The summed E-state index contributed by atoms with van der Waals surface area (Å²) < 4.78 is 75.1. The van der Waals surface area contributed by atoms with Gasteiger partial charge < -0.3 is 5.11 Å². The Bertz CT molecular complexity index is 430. The average Bonchev–Trinajstić information content (AvgIpc) is 1.80. The maximum atomic E-state index is 11.5. The van der Waals surface area contributed by atoms with Gasteiger partial charge in [-0.2, -0.15) is 21.6 Å². The quantitative estimate of drug-likeness (QED) is 0.684. The van der Waals surface area contributed by atoms with Crippen LogP contribution in [0.2, 0.25) is 0 Å². The number of carbonyl (C=O) groups is 1. The first-order valence-electron chi connectivity index (χ1n) is 2.48. The Morgan fingerprint density at radius 3 is 1.71 bits per heavy atom. The summed E-state index contributed by atoms with van der Waals surface area (Å²) >= 11 is 0. The van der Waals surface area contributed by atoms with Gasteiger partial charge in [0.1, 0.15) is 0 Å². The zero-order valence-corrected chi connectivity index (χ0v) is 7.57. The van der Waals surface area contributed by atoms with Crippen molar-refractivity contribution in [2.45, 2.75) is 5.51 Å². The summed E-state index contributed by atoms with van der Waals surface area (Å²) in [5.41, 5.74) is -5.89. The van der Waals surface area contributed by atoms with E-state index in [0.29, 0.717) is 0 Å². The van der Waals surface area contributed by atoms with Crippen molar-refractivity contribution in [2.24, 2.45) is 0 Å². The van der Waals surface area contributed by atoms with E-state index in [4.69, 9.17) is 5.11 Å². The third kappa shape index (κ3) is 2.81. The van der Waals surface area contributed by atoms with Crippen molar-refractivity contribution in [1.29, 1.82) is 0 Å². The molecule has 0 fully saturated rings. The van der Waals surface area contributed by atoms with Gasteiger partial charge in [-0.15, -0.1) is 0 Å². The topological polar surface area (TPSA) is 118 Å². The van der Waals surface area contributed by atoms with E-state index in [1.807, 2.05) is 0 Å². The number of alkyl halides is 3. The van der Waals surface area contributed by atoms with Crippen LogP contribution in [-0.2, 0) is 20.0 Å². The van der Waals surface area contributed by atoms with Crippen LogP contribution < -0.4 is 4.13 Å². The Morgan fingerprint density at radius 2 is 1.50 bits per heavy atom. The van der Waals surface area contributed by atoms with Crippen molar-refractivity contribution in [3.63, 3.8) is 0 Å². The van der Waals surface area contributed by atoms with Crippen LogP contribution in [0.15, 0.2) is 0 Å². The Kier molecular flexibility index (Phi) is 3.15. The molecule has 0 saturated carbocycles. The van der Waals surface area contributed by atoms with E-state index in [0.717, 1.165) is 0 Å². The zero-order valence-electron chi connectivity index (χ0n) is 5.94. The van der Waals surface area contributed by atoms with Gasteiger partial charge in [-0.05, 0) is 0 Å². The molecule has 0 aliphatic rings. The predicted molar refractivity (Wildman–Crippen MR) is 35.1 cm³/mol. The molecule has 84 valence electrons. The average molecular weight is 257 g/mol. The van der Waals surface area contributed by atoms with Gasteiger partial charge in [0.05, 0.1) is 0 Å². The minimum Gasteiger partial charge on any atom is -0.469 e. The molecule has 0 spiro atoms. The summed E-state index contributed by atoms with van der Waals surface area (Å²) in [6, 6.07) is 0. The van der Waals surface area contributed by atoms with Gasteiger partial charge in [-0.3, -0.25) is 0 Å². The second kappa shape index (κ2) is 3.36. The number of sulfonamides is 2. The fourth-order valence-electron chi connectivity index (χ4n) is 0.227. The molecule has 0 rings (SSSR count). The molecule has 0 atom stereocenters. The Hall–Kier alpha value is -0.880. The van der Waals surface area contributed by atoms with Crippen molar-refractivity contribution < 1.29 is 39.9 Å². The van der Waals surface area contributed by atoms with Crippen molar-refractivity contribution in [3.8, 4) is 0 Å². The highest BCUT2D eigenvalue weighted by Crippen LogP contribution is 2.22. The minimum atomic E-state index is -6.22. The SMILES string of the molecule is O=C(O)S(=O)(=O)NS(=O)(=O)C(F)(F)F. The molecule has 7 nitrogen and oxygen atoms in total. The number of carboxylic acid groups (broad SMARTS) is 1. The third-order valence-electron chi connectivity index (χ3n) is 0.754. The van der Waals surface area contributed by atoms with Crippen LogP contribution in [0.5, 0.6) is 0 Å². The van der Waals surface area contributed by atoms with Crippen LogP contribution >= 0.6 is 0 Å². The molecule has 12 heteroatoms. The monoisotopic (exact) mass is 257 g/mol. The molecule has 0 saturated heterocycles. The van der Waals surface area contributed by atoms with E-state index in [2.05, 4.69) is 0 Å². The Balaban J connectivity index is 5.19. The van der Waals surface area contributed by atoms with E-state index < -0.39 is 30.9 Å². The van der Waals surface area contributed by atoms with E-state index in [9.17, 15) is 34.8 Å². The number of hydrogen-bond acceptors (Lipinski definition) is 5. The summed E-state index contributed by atoms with van der Waals surface area (Å²) in [4.78, 5) is 9.74. The van der Waals surface area contributed by atoms with Gasteiger partial charge in [-0.25, -0.2) is 13.2 Å². The van der Waals surface area contributed by atoms with E-state index in [1.165, 1.54) is 0 Å². The summed E-state index contributed by atoms with van der Waals surface area (Å²) in [5, 5.41) is 5.06. The maximum Gasteiger partial charge on any atom is 0.512 e. The lowest BCUT2D eigenvalue weighted by Crippen LogP contribution is -2.42. The first kappa shape index (κ1) is 13.1. The normalized spacial score (nSPS) is 13.9. The summed E-state index contributed by atoms with van der Waals surface area (Å²) in [5.74, 6) is 0. The fourth-order valence-corrected chi connectivity index (χ4v) is 2.05. The van der Waals surface area contributed by atoms with Crippen LogP contribution in [0.3, 0.4) is 0 Å². The second-order valence-corrected chi connectivity index (χ2v) is 5.29. The van der Waals surface area contributed by atoms with Gasteiger partial charge >= 0.3 is 30.9 Å². The highest BCUT2D eigenvalue weighted by atomic mass is 32.3. The van der Waals surface area contributed by atoms with Crippen molar-refractivity contribution in [2.75, 3.05) is 0 Å².